The molecule has 0 radical (unpaired) electrons. The minimum absolute atomic E-state index is 0.0325. The van der Waals surface area contributed by atoms with Crippen LogP contribution >= 0.6 is 0 Å². The van der Waals surface area contributed by atoms with Gasteiger partial charge in [0.15, 0.2) is 9.84 Å². The summed E-state index contributed by atoms with van der Waals surface area (Å²) in [5, 5.41) is 7.16. The lowest BCUT2D eigenvalue weighted by molar-refractivity contribution is -0.0306. The number of nitrogens with one attached hydrogen (secondary N) is 1. The van der Waals surface area contributed by atoms with E-state index in [1.165, 1.54) is 0 Å². The molecule has 1 unspecified atom stereocenters. The van der Waals surface area contributed by atoms with E-state index in [4.69, 9.17) is 9.26 Å². The molecule has 0 spiro atoms. The molecule has 120 valence electrons. The predicted octanol–water partition coefficient (Wildman–Crippen LogP) is 1.01. The molecule has 1 saturated heterocycles. The molecule has 7 nitrogen and oxygen atoms in total. The summed E-state index contributed by atoms with van der Waals surface area (Å²) in [7, 11) is -1.24. The zero-order valence-electron chi connectivity index (χ0n) is 12.8. The van der Waals surface area contributed by atoms with Gasteiger partial charge in [-0.25, -0.2) is 8.42 Å². The topological polar surface area (TPSA) is 94.3 Å². The van der Waals surface area contributed by atoms with Gasteiger partial charge in [-0.05, 0) is 19.3 Å². The van der Waals surface area contributed by atoms with Crippen molar-refractivity contribution in [3.05, 3.63) is 11.7 Å². The van der Waals surface area contributed by atoms with Crippen LogP contribution in [0.4, 0.5) is 0 Å². The minimum atomic E-state index is -2.88. The van der Waals surface area contributed by atoms with E-state index in [9.17, 15) is 8.42 Å². The SMILES string of the molecule is CCC(CC)(OC)c1noc(CNC2CCS(=O)(=O)C2)n1. The predicted molar refractivity (Wildman–Crippen MR) is 77.5 cm³/mol. The summed E-state index contributed by atoms with van der Waals surface area (Å²) in [6.07, 6.45) is 2.15. The third kappa shape index (κ3) is 3.61. The molecule has 1 fully saturated rings. The van der Waals surface area contributed by atoms with Crippen LogP contribution in [0.25, 0.3) is 0 Å². The Bertz CT molecular complexity index is 557. The second-order valence-corrected chi connectivity index (χ2v) is 7.63. The Balaban J connectivity index is 1.97. The van der Waals surface area contributed by atoms with E-state index in [-0.39, 0.29) is 17.5 Å². The first-order valence-electron chi connectivity index (χ1n) is 7.26. The highest BCUT2D eigenvalue weighted by atomic mass is 32.2. The highest BCUT2D eigenvalue weighted by Gasteiger charge is 2.34. The third-order valence-corrected chi connectivity index (χ3v) is 5.95. The molecule has 2 rings (SSSR count). The Morgan fingerprint density at radius 3 is 2.67 bits per heavy atom. The molecule has 21 heavy (non-hydrogen) atoms. The van der Waals surface area contributed by atoms with E-state index in [0.29, 0.717) is 24.7 Å². The maximum Gasteiger partial charge on any atom is 0.240 e. The fraction of sp³-hybridized carbons (Fsp3) is 0.846. The standard InChI is InChI=1S/C13H23N3O4S/c1-4-13(5-2,19-3)12-15-11(20-16-12)8-14-10-6-7-21(17,18)9-10/h10,14H,4-9H2,1-3H3. The van der Waals surface area contributed by atoms with E-state index < -0.39 is 15.4 Å². The van der Waals surface area contributed by atoms with Crippen molar-refractivity contribution in [2.24, 2.45) is 0 Å². The van der Waals surface area contributed by atoms with Gasteiger partial charge in [-0.3, -0.25) is 0 Å². The quantitative estimate of drug-likeness (QED) is 0.802. The van der Waals surface area contributed by atoms with Crippen molar-refractivity contribution in [2.45, 2.75) is 51.3 Å². The van der Waals surface area contributed by atoms with Crippen molar-refractivity contribution in [2.75, 3.05) is 18.6 Å². The number of sulfone groups is 1. The summed E-state index contributed by atoms with van der Waals surface area (Å²) in [4.78, 5) is 4.38. The van der Waals surface area contributed by atoms with Crippen LogP contribution in [-0.2, 0) is 26.7 Å². The zero-order valence-corrected chi connectivity index (χ0v) is 13.6. The molecule has 1 aromatic rings. The van der Waals surface area contributed by atoms with Crippen molar-refractivity contribution in [1.29, 1.82) is 0 Å². The maximum atomic E-state index is 11.4. The average Bonchev–Trinajstić information content (AvgIpc) is 3.06. The lowest BCUT2D eigenvalue weighted by atomic mass is 9.96. The lowest BCUT2D eigenvalue weighted by Gasteiger charge is -2.25. The average molecular weight is 317 g/mol. The summed E-state index contributed by atoms with van der Waals surface area (Å²) in [6, 6.07) is -0.0325. The summed E-state index contributed by atoms with van der Waals surface area (Å²) in [5.74, 6) is 1.43. The molecule has 0 aromatic carbocycles. The number of hydrogen-bond acceptors (Lipinski definition) is 7. The van der Waals surface area contributed by atoms with Gasteiger partial charge in [0.05, 0.1) is 18.1 Å². The molecule has 1 atom stereocenters. The second kappa shape index (κ2) is 6.41. The van der Waals surface area contributed by atoms with Gasteiger partial charge >= 0.3 is 0 Å². The Hall–Kier alpha value is -0.990. The molecule has 1 N–H and O–H groups in total. The van der Waals surface area contributed by atoms with Gasteiger partial charge in [-0.1, -0.05) is 19.0 Å². The number of ether oxygens (including phenoxy) is 1. The summed E-state index contributed by atoms with van der Waals surface area (Å²) in [6.45, 7) is 4.41. The van der Waals surface area contributed by atoms with Crippen molar-refractivity contribution >= 4 is 9.84 Å². The van der Waals surface area contributed by atoms with Gasteiger partial charge in [0.2, 0.25) is 11.7 Å². The van der Waals surface area contributed by atoms with Crippen LogP contribution in [0.5, 0.6) is 0 Å². The fourth-order valence-electron chi connectivity index (χ4n) is 2.65. The molecular formula is C13H23N3O4S. The smallest absolute Gasteiger partial charge is 0.240 e. The van der Waals surface area contributed by atoms with Gasteiger partial charge in [-0.15, -0.1) is 0 Å². The molecule has 0 saturated carbocycles. The highest BCUT2D eigenvalue weighted by Crippen LogP contribution is 2.29. The number of methoxy groups -OCH3 is 1. The van der Waals surface area contributed by atoms with Crippen LogP contribution in [0.2, 0.25) is 0 Å². The van der Waals surface area contributed by atoms with E-state index in [1.807, 2.05) is 13.8 Å². The number of nitrogens with zero attached hydrogens (tertiary/aromatic N) is 2. The normalized spacial score (nSPS) is 21.8. The maximum absolute atomic E-state index is 11.4. The fourth-order valence-corrected chi connectivity index (χ4v) is 4.35. The number of rotatable bonds is 7. The van der Waals surface area contributed by atoms with Crippen molar-refractivity contribution in [1.82, 2.24) is 15.5 Å². The monoisotopic (exact) mass is 317 g/mol. The molecule has 1 aliphatic rings. The number of hydrogen-bond donors (Lipinski definition) is 1. The van der Waals surface area contributed by atoms with Gasteiger partial charge in [0, 0.05) is 13.2 Å². The summed E-state index contributed by atoms with van der Waals surface area (Å²) >= 11 is 0. The van der Waals surface area contributed by atoms with E-state index in [1.54, 1.807) is 7.11 Å². The van der Waals surface area contributed by atoms with Gasteiger partial charge in [0.1, 0.15) is 5.60 Å². The van der Waals surface area contributed by atoms with Crippen molar-refractivity contribution in [3.63, 3.8) is 0 Å². The summed E-state index contributed by atoms with van der Waals surface area (Å²) in [5.41, 5.74) is -0.515. The lowest BCUT2D eigenvalue weighted by Crippen LogP contribution is -2.30. The highest BCUT2D eigenvalue weighted by molar-refractivity contribution is 7.91. The second-order valence-electron chi connectivity index (χ2n) is 5.40. The summed E-state index contributed by atoms with van der Waals surface area (Å²) < 4.78 is 33.6. The van der Waals surface area contributed by atoms with Crippen molar-refractivity contribution in [3.8, 4) is 0 Å². The number of aromatic nitrogens is 2. The van der Waals surface area contributed by atoms with Crippen LogP contribution in [0.3, 0.4) is 0 Å². The van der Waals surface area contributed by atoms with Crippen molar-refractivity contribution < 1.29 is 17.7 Å². The molecule has 0 aliphatic carbocycles. The molecule has 0 amide bonds. The van der Waals surface area contributed by atoms with E-state index in [2.05, 4.69) is 15.5 Å². The van der Waals surface area contributed by atoms with Crippen LogP contribution in [0, 0.1) is 0 Å². The Kier molecular flexibility index (Phi) is 5.00. The van der Waals surface area contributed by atoms with Crippen LogP contribution in [0.1, 0.15) is 44.8 Å². The third-order valence-electron chi connectivity index (χ3n) is 4.18. The molecular weight excluding hydrogens is 294 g/mol. The molecule has 8 heteroatoms. The van der Waals surface area contributed by atoms with Gasteiger partial charge < -0.3 is 14.6 Å². The van der Waals surface area contributed by atoms with Gasteiger partial charge in [0.25, 0.3) is 0 Å². The first kappa shape index (κ1) is 16.4. The Morgan fingerprint density at radius 1 is 1.43 bits per heavy atom. The van der Waals surface area contributed by atoms with Crippen LogP contribution in [-0.4, -0.2) is 43.2 Å². The van der Waals surface area contributed by atoms with Crippen LogP contribution < -0.4 is 5.32 Å². The molecule has 1 aromatic heterocycles. The first-order valence-corrected chi connectivity index (χ1v) is 9.09. The molecule has 2 heterocycles. The zero-order chi connectivity index (χ0) is 15.5. The molecule has 0 bridgehead atoms. The Labute approximate surface area is 125 Å². The largest absolute Gasteiger partial charge is 0.370 e. The van der Waals surface area contributed by atoms with Gasteiger partial charge in [-0.2, -0.15) is 4.98 Å². The first-order chi connectivity index (χ1) is 9.94. The molecule has 1 aliphatic heterocycles. The van der Waals surface area contributed by atoms with E-state index in [0.717, 1.165) is 12.8 Å². The van der Waals surface area contributed by atoms with Crippen LogP contribution in [0.15, 0.2) is 4.52 Å². The minimum Gasteiger partial charge on any atom is -0.370 e. The van der Waals surface area contributed by atoms with E-state index >= 15 is 0 Å². The Morgan fingerprint density at radius 2 is 2.14 bits per heavy atom.